The lowest BCUT2D eigenvalue weighted by Crippen LogP contribution is -2.32. The van der Waals surface area contributed by atoms with Crippen molar-refractivity contribution in [3.05, 3.63) is 35.9 Å². The molecular weight excluding hydrogens is 202 g/mol. The molecule has 2 fully saturated rings. The van der Waals surface area contributed by atoms with Crippen LogP contribution in [0.5, 0.6) is 0 Å². The smallest absolute Gasteiger partial charge is 0.254 e. The van der Waals surface area contributed by atoms with Crippen LogP contribution in [-0.2, 0) is 9.53 Å². The van der Waals surface area contributed by atoms with E-state index < -0.39 is 0 Å². The summed E-state index contributed by atoms with van der Waals surface area (Å²) < 4.78 is 5.03. The van der Waals surface area contributed by atoms with Crippen LogP contribution < -0.4 is 0 Å². The fourth-order valence-electron chi connectivity index (χ4n) is 2.35. The average molecular weight is 217 g/mol. The van der Waals surface area contributed by atoms with E-state index in [1.165, 1.54) is 5.56 Å². The Bertz CT molecular complexity index is 386. The summed E-state index contributed by atoms with van der Waals surface area (Å²) in [5, 5.41) is 0. The molecule has 0 aliphatic carbocycles. The van der Waals surface area contributed by atoms with Gasteiger partial charge in [0.1, 0.15) is 0 Å². The van der Waals surface area contributed by atoms with E-state index in [4.69, 9.17) is 4.74 Å². The maximum atomic E-state index is 11.8. The van der Waals surface area contributed by atoms with Crippen LogP contribution in [-0.4, -0.2) is 36.6 Å². The van der Waals surface area contributed by atoms with Crippen molar-refractivity contribution in [1.82, 2.24) is 4.90 Å². The number of amides is 1. The second-order valence-electron chi connectivity index (χ2n) is 4.50. The molecule has 1 aromatic carbocycles. The maximum absolute atomic E-state index is 11.8. The lowest BCUT2D eigenvalue weighted by atomic mass is 9.99. The summed E-state index contributed by atoms with van der Waals surface area (Å²) in [6.07, 6.45) is 0.942. The van der Waals surface area contributed by atoms with Gasteiger partial charge in [-0.1, -0.05) is 30.3 Å². The predicted octanol–water partition coefficient (Wildman–Crippen LogP) is 1.40. The van der Waals surface area contributed by atoms with Gasteiger partial charge in [-0.15, -0.1) is 0 Å². The Labute approximate surface area is 95.0 Å². The molecule has 3 rings (SSSR count). The van der Waals surface area contributed by atoms with E-state index in [0.717, 1.165) is 19.5 Å². The first-order valence-corrected chi connectivity index (χ1v) is 5.80. The Hall–Kier alpha value is -1.35. The summed E-state index contributed by atoms with van der Waals surface area (Å²) in [5.41, 5.74) is 1.34. The first-order valence-electron chi connectivity index (χ1n) is 5.80. The normalized spacial score (nSPS) is 28.1. The zero-order chi connectivity index (χ0) is 11.0. The molecule has 3 heteroatoms. The quantitative estimate of drug-likeness (QED) is 0.701. The van der Waals surface area contributed by atoms with Crippen molar-refractivity contribution in [2.24, 2.45) is 0 Å². The molecule has 2 heterocycles. The number of ether oxygens (including phenoxy) is 1. The number of hydrogen-bond acceptors (Lipinski definition) is 2. The van der Waals surface area contributed by atoms with Crippen molar-refractivity contribution in [3.8, 4) is 0 Å². The van der Waals surface area contributed by atoms with E-state index >= 15 is 0 Å². The van der Waals surface area contributed by atoms with Gasteiger partial charge in [0.2, 0.25) is 0 Å². The lowest BCUT2D eigenvalue weighted by Gasteiger charge is -2.15. The zero-order valence-corrected chi connectivity index (χ0v) is 9.13. The number of epoxide rings is 1. The standard InChI is InChI=1S/C13H15NO2/c15-13(12-9-16-12)14-7-6-11(8-14)10-4-2-1-3-5-10/h1-5,11-12H,6-9H2. The molecule has 0 aromatic heterocycles. The largest absolute Gasteiger partial charge is 0.363 e. The van der Waals surface area contributed by atoms with Gasteiger partial charge >= 0.3 is 0 Å². The Morgan fingerprint density at radius 1 is 1.31 bits per heavy atom. The topological polar surface area (TPSA) is 32.8 Å². The van der Waals surface area contributed by atoms with Gasteiger partial charge in [0, 0.05) is 19.0 Å². The summed E-state index contributed by atoms with van der Waals surface area (Å²) in [5.74, 6) is 0.683. The Morgan fingerprint density at radius 2 is 2.06 bits per heavy atom. The third-order valence-corrected chi connectivity index (χ3v) is 3.38. The highest BCUT2D eigenvalue weighted by atomic mass is 16.6. The van der Waals surface area contributed by atoms with E-state index in [1.54, 1.807) is 0 Å². The average Bonchev–Trinajstić information content (AvgIpc) is 3.07. The van der Waals surface area contributed by atoms with E-state index in [-0.39, 0.29) is 12.0 Å². The minimum Gasteiger partial charge on any atom is -0.363 e. The van der Waals surface area contributed by atoms with Gasteiger partial charge < -0.3 is 9.64 Å². The van der Waals surface area contributed by atoms with Gasteiger partial charge in [-0.25, -0.2) is 0 Å². The highest BCUT2D eigenvalue weighted by Crippen LogP contribution is 2.28. The maximum Gasteiger partial charge on any atom is 0.254 e. The third kappa shape index (κ3) is 1.83. The second kappa shape index (κ2) is 3.91. The molecule has 0 N–H and O–H groups in total. The highest BCUT2D eigenvalue weighted by Gasteiger charge is 2.38. The fraction of sp³-hybridized carbons (Fsp3) is 0.462. The summed E-state index contributed by atoms with van der Waals surface area (Å²) >= 11 is 0. The molecular formula is C13H15NO2. The van der Waals surface area contributed by atoms with Crippen molar-refractivity contribution in [1.29, 1.82) is 0 Å². The Balaban J connectivity index is 1.66. The summed E-state index contributed by atoms with van der Waals surface area (Å²) in [4.78, 5) is 13.7. The van der Waals surface area contributed by atoms with E-state index in [0.29, 0.717) is 12.5 Å². The summed E-state index contributed by atoms with van der Waals surface area (Å²) in [6, 6.07) is 10.4. The van der Waals surface area contributed by atoms with Crippen LogP contribution in [0.2, 0.25) is 0 Å². The van der Waals surface area contributed by atoms with E-state index in [9.17, 15) is 4.79 Å². The van der Waals surface area contributed by atoms with Crippen molar-refractivity contribution in [2.45, 2.75) is 18.4 Å². The predicted molar refractivity (Wildman–Crippen MR) is 60.1 cm³/mol. The fourth-order valence-corrected chi connectivity index (χ4v) is 2.35. The van der Waals surface area contributed by atoms with Crippen molar-refractivity contribution in [3.63, 3.8) is 0 Å². The SMILES string of the molecule is O=C(C1CO1)N1CCC(c2ccccc2)C1. The molecule has 84 valence electrons. The molecule has 3 nitrogen and oxygen atoms in total. The minimum absolute atomic E-state index is 0.130. The van der Waals surface area contributed by atoms with Crippen molar-refractivity contribution >= 4 is 5.91 Å². The van der Waals surface area contributed by atoms with Crippen LogP contribution in [0.1, 0.15) is 17.9 Å². The first-order chi connectivity index (χ1) is 7.84. The molecule has 2 saturated heterocycles. The summed E-state index contributed by atoms with van der Waals surface area (Å²) in [6.45, 7) is 2.34. The molecule has 2 aliphatic heterocycles. The summed E-state index contributed by atoms with van der Waals surface area (Å²) in [7, 11) is 0. The molecule has 1 amide bonds. The minimum atomic E-state index is -0.130. The van der Waals surface area contributed by atoms with Gasteiger partial charge in [0.15, 0.2) is 6.10 Å². The molecule has 0 radical (unpaired) electrons. The van der Waals surface area contributed by atoms with Gasteiger partial charge in [0.05, 0.1) is 6.61 Å². The molecule has 1 aromatic rings. The molecule has 2 aliphatic rings. The van der Waals surface area contributed by atoms with Crippen LogP contribution in [0.15, 0.2) is 30.3 Å². The van der Waals surface area contributed by atoms with E-state index in [2.05, 4.69) is 24.3 Å². The number of carbonyl (C=O) groups excluding carboxylic acids is 1. The molecule has 0 spiro atoms. The number of hydrogen-bond donors (Lipinski definition) is 0. The second-order valence-corrected chi connectivity index (χ2v) is 4.50. The molecule has 2 atom stereocenters. The van der Waals surface area contributed by atoms with Crippen molar-refractivity contribution < 1.29 is 9.53 Å². The van der Waals surface area contributed by atoms with Gasteiger partial charge in [-0.3, -0.25) is 4.79 Å². The van der Waals surface area contributed by atoms with Crippen LogP contribution in [0.4, 0.5) is 0 Å². The number of nitrogens with zero attached hydrogens (tertiary/aromatic N) is 1. The van der Waals surface area contributed by atoms with Crippen LogP contribution >= 0.6 is 0 Å². The molecule has 16 heavy (non-hydrogen) atoms. The Kier molecular flexibility index (Phi) is 2.40. The monoisotopic (exact) mass is 217 g/mol. The lowest BCUT2D eigenvalue weighted by molar-refractivity contribution is -0.131. The molecule has 0 saturated carbocycles. The Morgan fingerprint density at radius 3 is 2.75 bits per heavy atom. The van der Waals surface area contributed by atoms with Gasteiger partial charge in [0.25, 0.3) is 5.91 Å². The third-order valence-electron chi connectivity index (χ3n) is 3.38. The van der Waals surface area contributed by atoms with Gasteiger partial charge in [-0.2, -0.15) is 0 Å². The van der Waals surface area contributed by atoms with Crippen LogP contribution in [0, 0.1) is 0 Å². The number of benzene rings is 1. The van der Waals surface area contributed by atoms with E-state index in [1.807, 2.05) is 11.0 Å². The molecule has 2 unspecified atom stereocenters. The zero-order valence-electron chi connectivity index (χ0n) is 9.13. The van der Waals surface area contributed by atoms with Crippen molar-refractivity contribution in [2.75, 3.05) is 19.7 Å². The first kappa shape index (κ1) is 9.85. The molecule has 0 bridgehead atoms. The number of carbonyl (C=O) groups is 1. The van der Waals surface area contributed by atoms with Gasteiger partial charge in [-0.05, 0) is 12.0 Å². The highest BCUT2D eigenvalue weighted by molar-refractivity contribution is 5.83. The number of likely N-dealkylation sites (tertiary alicyclic amines) is 1. The number of rotatable bonds is 2. The van der Waals surface area contributed by atoms with Crippen LogP contribution in [0.3, 0.4) is 0 Å². The van der Waals surface area contributed by atoms with Crippen LogP contribution in [0.25, 0.3) is 0 Å².